The summed E-state index contributed by atoms with van der Waals surface area (Å²) in [5, 5.41) is 17.0. The van der Waals surface area contributed by atoms with Crippen LogP contribution in [0, 0.1) is 0 Å². The van der Waals surface area contributed by atoms with Crippen LogP contribution in [0.4, 0.5) is 5.69 Å². The Labute approximate surface area is 195 Å². The first kappa shape index (κ1) is 22.3. The van der Waals surface area contributed by atoms with Gasteiger partial charge in [-0.3, -0.25) is 10.1 Å². The number of ether oxygens (including phenoxy) is 2. The first-order valence-corrected chi connectivity index (χ1v) is 10.5. The maximum absolute atomic E-state index is 12.9. The molecule has 33 heavy (non-hydrogen) atoms. The third-order valence-electron chi connectivity index (χ3n) is 5.08. The minimum absolute atomic E-state index is 0.127. The topological polar surface area (TPSA) is 93.0 Å². The Balaban J connectivity index is 1.54. The van der Waals surface area contributed by atoms with Gasteiger partial charge in [-0.15, -0.1) is 0 Å². The lowest BCUT2D eigenvalue weighted by Gasteiger charge is -2.14. The van der Waals surface area contributed by atoms with Gasteiger partial charge in [0, 0.05) is 5.69 Å². The van der Waals surface area contributed by atoms with Gasteiger partial charge in [0.15, 0.2) is 5.11 Å². The molecule has 0 aliphatic carbocycles. The molecule has 0 radical (unpaired) electrons. The number of carbonyl (C=O) groups excluding carboxylic acids is 1. The number of furan rings is 1. The maximum Gasteiger partial charge on any atom is 0.261 e. The van der Waals surface area contributed by atoms with Crippen molar-refractivity contribution in [3.05, 3.63) is 78.1 Å². The van der Waals surface area contributed by atoms with Crippen LogP contribution in [0.25, 0.3) is 22.1 Å². The van der Waals surface area contributed by atoms with Crippen molar-refractivity contribution >= 4 is 39.7 Å². The molecule has 0 atom stereocenters. The predicted molar refractivity (Wildman–Crippen MR) is 131 cm³/mol. The molecule has 7 nitrogen and oxygen atoms in total. The molecule has 0 aliphatic rings. The molecule has 0 fully saturated rings. The molecule has 1 amide bonds. The fraction of sp³-hybridized carbons (Fsp3) is 0.120. The van der Waals surface area contributed by atoms with Crippen LogP contribution in [-0.4, -0.2) is 30.3 Å². The highest BCUT2D eigenvalue weighted by atomic mass is 32.1. The van der Waals surface area contributed by atoms with Crippen LogP contribution < -0.4 is 20.1 Å². The largest absolute Gasteiger partial charge is 0.496 e. The van der Waals surface area contributed by atoms with Crippen molar-refractivity contribution in [3.63, 3.8) is 0 Å². The molecular weight excluding hydrogens is 440 g/mol. The lowest BCUT2D eigenvalue weighted by Crippen LogP contribution is -2.34. The molecule has 1 heterocycles. The van der Waals surface area contributed by atoms with Crippen molar-refractivity contribution in [2.75, 3.05) is 19.5 Å². The molecule has 3 aromatic carbocycles. The molecule has 168 valence electrons. The van der Waals surface area contributed by atoms with Crippen LogP contribution in [0.5, 0.6) is 11.5 Å². The average molecular weight is 463 g/mol. The molecule has 0 bridgehead atoms. The number of aliphatic hydroxyl groups is 1. The van der Waals surface area contributed by atoms with E-state index in [2.05, 4.69) is 10.6 Å². The summed E-state index contributed by atoms with van der Waals surface area (Å²) in [7, 11) is 3.08. The van der Waals surface area contributed by atoms with Gasteiger partial charge in [0.1, 0.15) is 29.6 Å². The van der Waals surface area contributed by atoms with Crippen molar-refractivity contribution in [3.8, 4) is 22.8 Å². The number of thiocarbonyl (C=S) groups is 1. The van der Waals surface area contributed by atoms with E-state index in [9.17, 15) is 9.90 Å². The lowest BCUT2D eigenvalue weighted by atomic mass is 10.1. The van der Waals surface area contributed by atoms with E-state index >= 15 is 0 Å². The fourth-order valence-electron chi connectivity index (χ4n) is 3.48. The van der Waals surface area contributed by atoms with Crippen molar-refractivity contribution in [1.29, 1.82) is 0 Å². The molecule has 0 spiro atoms. The van der Waals surface area contributed by atoms with Gasteiger partial charge in [0.25, 0.3) is 5.91 Å². The molecule has 8 heteroatoms. The van der Waals surface area contributed by atoms with Crippen molar-refractivity contribution < 1.29 is 23.8 Å². The minimum Gasteiger partial charge on any atom is -0.496 e. The summed E-state index contributed by atoms with van der Waals surface area (Å²) in [6, 6.07) is 20.1. The highest BCUT2D eigenvalue weighted by Crippen LogP contribution is 2.34. The second kappa shape index (κ2) is 9.72. The van der Waals surface area contributed by atoms with E-state index in [0.29, 0.717) is 39.8 Å². The van der Waals surface area contributed by atoms with Gasteiger partial charge in [-0.05, 0) is 65.5 Å². The van der Waals surface area contributed by atoms with E-state index in [-0.39, 0.29) is 17.6 Å². The average Bonchev–Trinajstić information content (AvgIpc) is 3.32. The Morgan fingerprint density at radius 3 is 2.36 bits per heavy atom. The number of amides is 1. The Kier molecular flexibility index (Phi) is 6.58. The van der Waals surface area contributed by atoms with Crippen LogP contribution in [-0.2, 0) is 6.61 Å². The highest BCUT2D eigenvalue weighted by Gasteiger charge is 2.16. The van der Waals surface area contributed by atoms with Gasteiger partial charge < -0.3 is 24.3 Å². The summed E-state index contributed by atoms with van der Waals surface area (Å²) in [5.74, 6) is 1.64. The van der Waals surface area contributed by atoms with E-state index < -0.39 is 0 Å². The zero-order chi connectivity index (χ0) is 23.4. The molecule has 0 aliphatic heterocycles. The number of anilines is 1. The minimum atomic E-state index is -0.387. The molecule has 3 N–H and O–H groups in total. The number of benzene rings is 3. The fourth-order valence-corrected chi connectivity index (χ4v) is 3.70. The van der Waals surface area contributed by atoms with Crippen LogP contribution in [0.1, 0.15) is 16.1 Å². The summed E-state index contributed by atoms with van der Waals surface area (Å²) in [4.78, 5) is 12.9. The molecule has 0 saturated heterocycles. The second-order valence-electron chi connectivity index (χ2n) is 7.15. The third-order valence-corrected chi connectivity index (χ3v) is 5.28. The Morgan fingerprint density at radius 1 is 0.970 bits per heavy atom. The zero-order valence-electron chi connectivity index (χ0n) is 18.0. The molecule has 0 unspecified atom stereocenters. The third kappa shape index (κ3) is 4.82. The van der Waals surface area contributed by atoms with Gasteiger partial charge in [0.05, 0.1) is 25.3 Å². The number of hydrogen-bond acceptors (Lipinski definition) is 6. The van der Waals surface area contributed by atoms with Gasteiger partial charge in [-0.25, -0.2) is 0 Å². The van der Waals surface area contributed by atoms with Crippen LogP contribution in [0.3, 0.4) is 0 Å². The number of fused-ring (bicyclic) bond motifs is 1. The van der Waals surface area contributed by atoms with Gasteiger partial charge in [-0.2, -0.15) is 0 Å². The number of methoxy groups -OCH3 is 2. The molecule has 4 rings (SSSR count). The standard InChI is InChI=1S/C25H22N2O5S/c1-30-21-9-7-17(13-19(21)22-10-8-18(14-28)32-22)26-25(33)27-24(29)20-11-15-5-3-4-6-16(15)12-23(20)31-2/h3-13,28H,14H2,1-2H3,(H2,26,27,29,33). The van der Waals surface area contributed by atoms with Crippen molar-refractivity contribution in [2.24, 2.45) is 0 Å². The first-order chi connectivity index (χ1) is 16.0. The normalized spacial score (nSPS) is 10.6. The summed E-state index contributed by atoms with van der Waals surface area (Å²) in [5.41, 5.74) is 1.68. The van der Waals surface area contributed by atoms with Gasteiger partial charge in [-0.1, -0.05) is 24.3 Å². The van der Waals surface area contributed by atoms with Crippen LogP contribution in [0.15, 0.2) is 71.1 Å². The molecule has 1 aromatic heterocycles. The van der Waals surface area contributed by atoms with Crippen molar-refractivity contribution in [2.45, 2.75) is 6.61 Å². The Morgan fingerprint density at radius 2 is 1.70 bits per heavy atom. The van der Waals surface area contributed by atoms with E-state index in [0.717, 1.165) is 10.8 Å². The van der Waals surface area contributed by atoms with Gasteiger partial charge in [0.2, 0.25) is 0 Å². The zero-order valence-corrected chi connectivity index (χ0v) is 18.9. The van der Waals surface area contributed by atoms with Crippen LogP contribution >= 0.6 is 12.2 Å². The van der Waals surface area contributed by atoms with Crippen molar-refractivity contribution in [1.82, 2.24) is 5.32 Å². The van der Waals surface area contributed by atoms with E-state index in [1.807, 2.05) is 30.3 Å². The predicted octanol–water partition coefficient (Wildman–Crippen LogP) is 4.74. The van der Waals surface area contributed by atoms with Gasteiger partial charge >= 0.3 is 0 Å². The van der Waals surface area contributed by atoms with E-state index in [1.54, 1.807) is 43.5 Å². The van der Waals surface area contributed by atoms with E-state index in [4.69, 9.17) is 26.1 Å². The molecule has 4 aromatic rings. The first-order valence-electron chi connectivity index (χ1n) is 10.1. The second-order valence-corrected chi connectivity index (χ2v) is 7.56. The SMILES string of the molecule is COc1cc2ccccc2cc1C(=O)NC(=S)Nc1ccc(OC)c(-c2ccc(CO)o2)c1. The summed E-state index contributed by atoms with van der Waals surface area (Å²) >= 11 is 5.36. The molecular formula is C25H22N2O5S. The monoisotopic (exact) mass is 462 g/mol. The number of nitrogens with one attached hydrogen (secondary N) is 2. The maximum atomic E-state index is 12.9. The quantitative estimate of drug-likeness (QED) is 0.357. The smallest absolute Gasteiger partial charge is 0.261 e. The molecule has 0 saturated carbocycles. The summed E-state index contributed by atoms with van der Waals surface area (Å²) in [6.45, 7) is -0.200. The highest BCUT2D eigenvalue weighted by molar-refractivity contribution is 7.80. The Hall–Kier alpha value is -3.88. The number of hydrogen-bond donors (Lipinski definition) is 3. The van der Waals surface area contributed by atoms with Crippen LogP contribution in [0.2, 0.25) is 0 Å². The number of rotatable bonds is 6. The summed E-state index contributed by atoms with van der Waals surface area (Å²) < 4.78 is 16.5. The Bertz CT molecular complexity index is 1330. The lowest BCUT2D eigenvalue weighted by molar-refractivity contribution is 0.0975. The number of carbonyl (C=O) groups is 1. The van der Waals surface area contributed by atoms with E-state index in [1.165, 1.54) is 7.11 Å². The number of aliphatic hydroxyl groups excluding tert-OH is 1. The summed E-state index contributed by atoms with van der Waals surface area (Å²) in [6.07, 6.45) is 0.